The molecule has 1 aromatic carbocycles. The first-order valence-electron chi connectivity index (χ1n) is 11.4. The second-order valence-corrected chi connectivity index (χ2v) is 9.18. The summed E-state index contributed by atoms with van der Waals surface area (Å²) in [5.41, 5.74) is 7.89. The van der Waals surface area contributed by atoms with Crippen molar-refractivity contribution in [1.29, 1.82) is 0 Å². The molecule has 2 saturated heterocycles. The lowest BCUT2D eigenvalue weighted by Crippen LogP contribution is -2.45. The minimum atomic E-state index is 0.383. The van der Waals surface area contributed by atoms with Gasteiger partial charge in [0.2, 0.25) is 0 Å². The number of fused-ring (bicyclic) bond motifs is 1. The summed E-state index contributed by atoms with van der Waals surface area (Å²) in [6, 6.07) is 11.7. The minimum Gasteiger partial charge on any atom is -0.369 e. The van der Waals surface area contributed by atoms with E-state index >= 15 is 0 Å². The van der Waals surface area contributed by atoms with Crippen LogP contribution in [-0.2, 0) is 6.42 Å². The number of aromatic nitrogens is 1. The maximum Gasteiger partial charge on any atom is 0.0686 e. The van der Waals surface area contributed by atoms with Crippen LogP contribution in [0, 0.1) is 6.92 Å². The van der Waals surface area contributed by atoms with Crippen LogP contribution in [0.5, 0.6) is 0 Å². The van der Waals surface area contributed by atoms with Crippen molar-refractivity contribution < 1.29 is 0 Å². The van der Waals surface area contributed by atoms with Crippen molar-refractivity contribution in [2.24, 2.45) is 4.99 Å². The van der Waals surface area contributed by atoms with Gasteiger partial charge in [-0.1, -0.05) is 12.1 Å². The van der Waals surface area contributed by atoms with Gasteiger partial charge in [0.05, 0.1) is 17.4 Å². The summed E-state index contributed by atoms with van der Waals surface area (Å²) in [5.74, 6) is 0. The Bertz CT molecular complexity index is 944. The first kappa shape index (κ1) is 19.7. The number of pyridine rings is 1. The quantitative estimate of drug-likeness (QED) is 0.776. The van der Waals surface area contributed by atoms with Gasteiger partial charge >= 0.3 is 0 Å². The van der Waals surface area contributed by atoms with Crippen molar-refractivity contribution in [3.8, 4) is 0 Å². The first-order chi connectivity index (χ1) is 14.6. The Morgan fingerprint density at radius 3 is 2.53 bits per heavy atom. The summed E-state index contributed by atoms with van der Waals surface area (Å²) < 4.78 is 0. The zero-order valence-electron chi connectivity index (χ0n) is 18.5. The Hall–Kier alpha value is -2.24. The van der Waals surface area contributed by atoms with E-state index in [-0.39, 0.29) is 0 Å². The fraction of sp³-hybridized carbons (Fsp3) is 0.520. The van der Waals surface area contributed by atoms with Gasteiger partial charge in [-0.3, -0.25) is 14.9 Å². The second kappa shape index (κ2) is 8.12. The molecule has 0 N–H and O–H groups in total. The Morgan fingerprint density at radius 2 is 1.73 bits per heavy atom. The largest absolute Gasteiger partial charge is 0.369 e. The summed E-state index contributed by atoms with van der Waals surface area (Å²) in [4.78, 5) is 17.4. The fourth-order valence-electron chi connectivity index (χ4n) is 5.47. The molecule has 158 valence electrons. The number of hydrogen-bond donors (Lipinski definition) is 0. The van der Waals surface area contributed by atoms with E-state index in [1.807, 2.05) is 12.3 Å². The third-order valence-corrected chi connectivity index (χ3v) is 7.28. The molecule has 5 rings (SSSR count). The molecule has 0 spiro atoms. The zero-order chi connectivity index (χ0) is 20.7. The van der Waals surface area contributed by atoms with Crippen LogP contribution in [0.15, 0.2) is 41.5 Å². The highest BCUT2D eigenvalue weighted by Crippen LogP contribution is 2.40. The molecule has 3 aliphatic heterocycles. The van der Waals surface area contributed by atoms with Gasteiger partial charge in [0, 0.05) is 61.8 Å². The molecule has 0 radical (unpaired) electrons. The normalized spacial score (nSPS) is 25.3. The van der Waals surface area contributed by atoms with Gasteiger partial charge in [-0.25, -0.2) is 0 Å². The molecule has 0 bridgehead atoms. The van der Waals surface area contributed by atoms with Gasteiger partial charge in [-0.2, -0.15) is 0 Å². The highest BCUT2D eigenvalue weighted by molar-refractivity contribution is 5.99. The van der Waals surface area contributed by atoms with Crippen molar-refractivity contribution in [2.45, 2.75) is 44.7 Å². The number of anilines is 1. The van der Waals surface area contributed by atoms with Gasteiger partial charge in [0.25, 0.3) is 0 Å². The number of piperidine rings is 1. The van der Waals surface area contributed by atoms with E-state index in [1.54, 1.807) is 0 Å². The summed E-state index contributed by atoms with van der Waals surface area (Å²) in [6.07, 6.45) is 6.52. The van der Waals surface area contributed by atoms with Crippen molar-refractivity contribution in [1.82, 2.24) is 14.8 Å². The van der Waals surface area contributed by atoms with E-state index in [0.29, 0.717) is 12.1 Å². The molecule has 3 aliphatic rings. The topological polar surface area (TPSA) is 35.0 Å². The first-order valence-corrected chi connectivity index (χ1v) is 11.4. The van der Waals surface area contributed by atoms with Crippen molar-refractivity contribution in [2.75, 3.05) is 45.2 Å². The highest BCUT2D eigenvalue weighted by Gasteiger charge is 2.35. The van der Waals surface area contributed by atoms with Gasteiger partial charge in [-0.15, -0.1) is 0 Å². The number of nitrogens with zero attached hydrogens (tertiary/aromatic N) is 5. The van der Waals surface area contributed by atoms with Crippen LogP contribution in [0.25, 0.3) is 0 Å². The summed E-state index contributed by atoms with van der Waals surface area (Å²) in [7, 11) is 4.49. The molecule has 4 heterocycles. The van der Waals surface area contributed by atoms with Crippen LogP contribution in [0.4, 0.5) is 11.4 Å². The Kier molecular flexibility index (Phi) is 5.34. The molecule has 5 nitrogen and oxygen atoms in total. The van der Waals surface area contributed by atoms with Crippen molar-refractivity contribution in [3.63, 3.8) is 0 Å². The monoisotopic (exact) mass is 403 g/mol. The zero-order valence-corrected chi connectivity index (χ0v) is 18.5. The molecule has 1 aromatic heterocycles. The number of hydrogen-bond acceptors (Lipinski definition) is 5. The Labute approximate surface area is 180 Å². The molecular formula is C25H33N5. The molecule has 0 amide bonds. The summed E-state index contributed by atoms with van der Waals surface area (Å²) >= 11 is 0. The number of piperazine rings is 1. The lowest BCUT2D eigenvalue weighted by atomic mass is 9.89. The van der Waals surface area contributed by atoms with E-state index in [0.717, 1.165) is 32.6 Å². The Morgan fingerprint density at radius 1 is 0.933 bits per heavy atom. The molecule has 0 unspecified atom stereocenters. The molecule has 0 saturated carbocycles. The number of aliphatic imine (C=N–C) groups is 1. The average Bonchev–Trinajstić information content (AvgIpc) is 3.19. The molecule has 2 fully saturated rings. The lowest BCUT2D eigenvalue weighted by molar-refractivity contribution is 0.150. The predicted octanol–water partition coefficient (Wildman–Crippen LogP) is 4.00. The standard InChI is InChI=1S/C25H33N5/c1-18-7-6-12-26-25(18)24-11-5-10-23(29(24)3)21-17-19-20(27-21)8-4-9-22(19)30-15-13-28(2)14-16-30/h4,6-9,12,23-24H,5,10-11,13-17H2,1-3H3/t23-,24+/m0/s1. The molecule has 30 heavy (non-hydrogen) atoms. The molecule has 2 atom stereocenters. The van der Waals surface area contributed by atoms with Crippen molar-refractivity contribution in [3.05, 3.63) is 53.3 Å². The average molecular weight is 404 g/mol. The molecule has 2 aromatic rings. The highest BCUT2D eigenvalue weighted by atomic mass is 15.3. The van der Waals surface area contributed by atoms with Crippen LogP contribution < -0.4 is 4.90 Å². The lowest BCUT2D eigenvalue weighted by Gasteiger charge is -2.40. The Balaban J connectivity index is 1.37. The third kappa shape index (κ3) is 3.54. The number of aryl methyl sites for hydroxylation is 1. The third-order valence-electron chi connectivity index (χ3n) is 7.28. The van der Waals surface area contributed by atoms with Gasteiger partial charge in [0.15, 0.2) is 0 Å². The maximum atomic E-state index is 5.16. The van der Waals surface area contributed by atoms with E-state index in [4.69, 9.17) is 9.98 Å². The molecule has 0 aliphatic carbocycles. The summed E-state index contributed by atoms with van der Waals surface area (Å²) in [6.45, 7) is 6.66. The van der Waals surface area contributed by atoms with Crippen molar-refractivity contribution >= 4 is 17.1 Å². The van der Waals surface area contributed by atoms with Gasteiger partial charge in [0.1, 0.15) is 0 Å². The van der Waals surface area contributed by atoms with E-state index < -0.39 is 0 Å². The van der Waals surface area contributed by atoms with Crippen LogP contribution in [0.3, 0.4) is 0 Å². The smallest absolute Gasteiger partial charge is 0.0686 e. The van der Waals surface area contributed by atoms with Crippen LogP contribution >= 0.6 is 0 Å². The fourth-order valence-corrected chi connectivity index (χ4v) is 5.47. The van der Waals surface area contributed by atoms with E-state index in [9.17, 15) is 0 Å². The van der Waals surface area contributed by atoms with Crippen LogP contribution in [-0.4, -0.2) is 66.8 Å². The summed E-state index contributed by atoms with van der Waals surface area (Å²) in [5, 5.41) is 0. The second-order valence-electron chi connectivity index (χ2n) is 9.18. The number of likely N-dealkylation sites (N-methyl/N-ethyl adjacent to an activating group) is 1. The SMILES string of the molecule is Cc1cccnc1[C@H]1CCC[C@@H](C2=Nc3cccc(N4CCN(C)CC4)c3C2)N1C. The van der Waals surface area contributed by atoms with Gasteiger partial charge < -0.3 is 9.80 Å². The van der Waals surface area contributed by atoms with E-state index in [2.05, 4.69) is 60.0 Å². The van der Waals surface area contributed by atoms with Crippen LogP contribution in [0.2, 0.25) is 0 Å². The maximum absolute atomic E-state index is 5.16. The predicted molar refractivity (Wildman–Crippen MR) is 124 cm³/mol. The van der Waals surface area contributed by atoms with Crippen LogP contribution in [0.1, 0.15) is 42.1 Å². The van der Waals surface area contributed by atoms with Gasteiger partial charge in [-0.05, 0) is 64.0 Å². The number of rotatable bonds is 3. The number of benzene rings is 1. The minimum absolute atomic E-state index is 0.383. The van der Waals surface area contributed by atoms with E-state index in [1.165, 1.54) is 53.2 Å². The molecule has 5 heteroatoms. The number of likely N-dealkylation sites (tertiary alicyclic amines) is 1. The molecular weight excluding hydrogens is 370 g/mol.